The lowest BCUT2D eigenvalue weighted by molar-refractivity contribution is -0.116. The van der Waals surface area contributed by atoms with E-state index in [4.69, 9.17) is 4.42 Å². The van der Waals surface area contributed by atoms with Crippen molar-refractivity contribution in [3.63, 3.8) is 0 Å². The van der Waals surface area contributed by atoms with Gasteiger partial charge in [-0.1, -0.05) is 30.3 Å². The van der Waals surface area contributed by atoms with Crippen LogP contribution in [0.1, 0.15) is 22.6 Å². The van der Waals surface area contributed by atoms with Crippen molar-refractivity contribution < 1.29 is 9.21 Å². The lowest BCUT2D eigenvalue weighted by Gasteiger charge is -2.01. The molecule has 1 amide bonds. The van der Waals surface area contributed by atoms with Crippen molar-refractivity contribution in [2.75, 3.05) is 0 Å². The van der Waals surface area contributed by atoms with E-state index in [0.29, 0.717) is 18.8 Å². The van der Waals surface area contributed by atoms with E-state index in [0.717, 1.165) is 11.3 Å². The maximum atomic E-state index is 11.8. The van der Waals surface area contributed by atoms with Gasteiger partial charge in [0.1, 0.15) is 11.5 Å². The fourth-order valence-corrected chi connectivity index (χ4v) is 2.30. The van der Waals surface area contributed by atoms with Gasteiger partial charge < -0.3 is 9.73 Å². The molecule has 0 saturated heterocycles. The van der Waals surface area contributed by atoms with Gasteiger partial charge in [0.25, 0.3) is 0 Å². The Morgan fingerprint density at radius 2 is 2.04 bits per heavy atom. The van der Waals surface area contributed by atoms with Crippen LogP contribution in [0.3, 0.4) is 0 Å². The van der Waals surface area contributed by atoms with Crippen molar-refractivity contribution in [3.8, 4) is 0 Å². The lowest BCUT2D eigenvalue weighted by Crippen LogP contribution is -2.19. The number of hydrogen-bond donors (Lipinski definition) is 1. The number of rotatable bonds is 6. The second-order valence-electron chi connectivity index (χ2n) is 5.53. The fraction of sp³-hybridized carbons (Fsp3) is 0.158. The van der Waals surface area contributed by atoms with Crippen molar-refractivity contribution in [3.05, 3.63) is 83.6 Å². The molecule has 0 atom stereocenters. The molecule has 2 aromatic heterocycles. The molecule has 5 nitrogen and oxygen atoms in total. The van der Waals surface area contributed by atoms with Crippen LogP contribution in [-0.4, -0.2) is 15.7 Å². The average Bonchev–Trinajstić information content (AvgIpc) is 3.21. The summed E-state index contributed by atoms with van der Waals surface area (Å²) in [4.78, 5) is 11.8. The summed E-state index contributed by atoms with van der Waals surface area (Å²) in [5.74, 6) is 1.32. The van der Waals surface area contributed by atoms with E-state index in [1.807, 2.05) is 48.1 Å². The molecule has 1 N–H and O–H groups in total. The molecule has 122 valence electrons. The topological polar surface area (TPSA) is 60.1 Å². The summed E-state index contributed by atoms with van der Waals surface area (Å²) in [6.07, 6.45) is 6.82. The van der Waals surface area contributed by atoms with Gasteiger partial charge in [0.05, 0.1) is 12.7 Å². The molecular weight excluding hydrogens is 302 g/mol. The highest BCUT2D eigenvalue weighted by Crippen LogP contribution is 2.08. The summed E-state index contributed by atoms with van der Waals surface area (Å²) in [6.45, 7) is 3.02. The smallest absolute Gasteiger partial charge is 0.244 e. The number of aryl methyl sites for hydroxylation is 1. The molecule has 0 unspecified atom stereocenters. The van der Waals surface area contributed by atoms with Crippen LogP contribution >= 0.6 is 0 Å². The van der Waals surface area contributed by atoms with E-state index in [2.05, 4.69) is 22.5 Å². The van der Waals surface area contributed by atoms with E-state index in [1.54, 1.807) is 12.3 Å². The molecule has 0 spiro atoms. The van der Waals surface area contributed by atoms with Gasteiger partial charge in [-0.15, -0.1) is 0 Å². The average molecular weight is 321 g/mol. The van der Waals surface area contributed by atoms with Crippen LogP contribution in [0.5, 0.6) is 0 Å². The van der Waals surface area contributed by atoms with Crippen LogP contribution in [0.2, 0.25) is 0 Å². The van der Waals surface area contributed by atoms with Crippen LogP contribution in [0.25, 0.3) is 6.08 Å². The Labute approximate surface area is 140 Å². The Morgan fingerprint density at radius 1 is 1.21 bits per heavy atom. The molecule has 3 rings (SSSR count). The van der Waals surface area contributed by atoms with E-state index < -0.39 is 0 Å². The zero-order valence-corrected chi connectivity index (χ0v) is 13.5. The third-order valence-corrected chi connectivity index (χ3v) is 3.50. The Balaban J connectivity index is 1.50. The molecular formula is C19H19N3O2. The first-order valence-electron chi connectivity index (χ1n) is 7.77. The number of amides is 1. The first kappa shape index (κ1) is 15.8. The quantitative estimate of drug-likeness (QED) is 0.709. The number of hydrogen-bond acceptors (Lipinski definition) is 3. The number of carbonyl (C=O) groups is 1. The van der Waals surface area contributed by atoms with Crippen LogP contribution < -0.4 is 5.32 Å². The van der Waals surface area contributed by atoms with E-state index in [1.165, 1.54) is 11.6 Å². The standard InChI is InChI=1S/C19H19N3O2/c1-15-7-8-18(24-15)9-10-19(23)20-11-17-12-21-22(14-17)13-16-5-3-2-4-6-16/h2-10,12,14H,11,13H2,1H3,(H,20,23)/b10-9+. The summed E-state index contributed by atoms with van der Waals surface area (Å²) in [5, 5.41) is 7.15. The van der Waals surface area contributed by atoms with Crippen LogP contribution in [0, 0.1) is 6.92 Å². The summed E-state index contributed by atoms with van der Waals surface area (Å²) < 4.78 is 7.24. The number of aromatic nitrogens is 2. The maximum absolute atomic E-state index is 11.8. The second kappa shape index (κ2) is 7.46. The molecule has 0 saturated carbocycles. The van der Waals surface area contributed by atoms with Gasteiger partial charge in [-0.25, -0.2) is 0 Å². The molecule has 0 fully saturated rings. The third-order valence-electron chi connectivity index (χ3n) is 3.50. The first-order chi connectivity index (χ1) is 11.7. The zero-order chi connectivity index (χ0) is 16.8. The molecule has 1 aromatic carbocycles. The second-order valence-corrected chi connectivity index (χ2v) is 5.53. The Bertz CT molecular complexity index is 831. The largest absolute Gasteiger partial charge is 0.462 e. The van der Waals surface area contributed by atoms with Crippen LogP contribution in [-0.2, 0) is 17.9 Å². The van der Waals surface area contributed by atoms with Gasteiger partial charge in [0.2, 0.25) is 5.91 Å². The number of benzene rings is 1. The van der Waals surface area contributed by atoms with Gasteiger partial charge in [-0.3, -0.25) is 9.48 Å². The highest BCUT2D eigenvalue weighted by atomic mass is 16.3. The predicted molar refractivity (Wildman–Crippen MR) is 92.1 cm³/mol. The minimum atomic E-state index is -0.167. The predicted octanol–water partition coefficient (Wildman–Crippen LogP) is 3.16. The van der Waals surface area contributed by atoms with Gasteiger partial charge >= 0.3 is 0 Å². The molecule has 24 heavy (non-hydrogen) atoms. The van der Waals surface area contributed by atoms with Gasteiger partial charge in [0, 0.05) is 24.4 Å². The highest BCUT2D eigenvalue weighted by molar-refractivity contribution is 5.91. The van der Waals surface area contributed by atoms with Crippen LogP contribution in [0.4, 0.5) is 0 Å². The number of nitrogens with one attached hydrogen (secondary N) is 1. The summed E-state index contributed by atoms with van der Waals surface area (Å²) in [7, 11) is 0. The monoisotopic (exact) mass is 321 g/mol. The van der Waals surface area contributed by atoms with E-state index in [9.17, 15) is 4.79 Å². The maximum Gasteiger partial charge on any atom is 0.244 e. The normalized spacial score (nSPS) is 11.0. The van der Waals surface area contributed by atoms with Crippen molar-refractivity contribution >= 4 is 12.0 Å². The minimum Gasteiger partial charge on any atom is -0.462 e. The van der Waals surface area contributed by atoms with Crippen molar-refractivity contribution in [2.24, 2.45) is 0 Å². The SMILES string of the molecule is Cc1ccc(/C=C/C(=O)NCc2cnn(Cc3ccccc3)c2)o1. The first-order valence-corrected chi connectivity index (χ1v) is 7.77. The third kappa shape index (κ3) is 4.46. The highest BCUT2D eigenvalue weighted by Gasteiger charge is 2.02. The van der Waals surface area contributed by atoms with Crippen molar-refractivity contribution in [1.82, 2.24) is 15.1 Å². The van der Waals surface area contributed by atoms with Crippen LogP contribution in [0.15, 0.2) is 65.4 Å². The molecule has 2 heterocycles. The molecule has 0 aliphatic rings. The van der Waals surface area contributed by atoms with Gasteiger partial charge in [-0.2, -0.15) is 5.10 Å². The molecule has 3 aromatic rings. The number of nitrogens with zero attached hydrogens (tertiary/aromatic N) is 2. The summed E-state index contributed by atoms with van der Waals surface area (Å²) >= 11 is 0. The Kier molecular flexibility index (Phi) is 4.91. The summed E-state index contributed by atoms with van der Waals surface area (Å²) in [6, 6.07) is 13.8. The zero-order valence-electron chi connectivity index (χ0n) is 13.5. The molecule has 0 aliphatic heterocycles. The van der Waals surface area contributed by atoms with Gasteiger partial charge in [-0.05, 0) is 30.7 Å². The molecule has 0 bridgehead atoms. The number of carbonyl (C=O) groups excluding carboxylic acids is 1. The number of furan rings is 1. The Hall–Kier alpha value is -3.08. The molecule has 5 heteroatoms. The molecule has 0 radical (unpaired) electrons. The molecule has 0 aliphatic carbocycles. The van der Waals surface area contributed by atoms with E-state index in [-0.39, 0.29) is 5.91 Å². The van der Waals surface area contributed by atoms with E-state index >= 15 is 0 Å². The Morgan fingerprint density at radius 3 is 2.79 bits per heavy atom. The van der Waals surface area contributed by atoms with Crippen molar-refractivity contribution in [1.29, 1.82) is 0 Å². The van der Waals surface area contributed by atoms with Gasteiger partial charge in [0.15, 0.2) is 0 Å². The fourth-order valence-electron chi connectivity index (χ4n) is 2.30. The minimum absolute atomic E-state index is 0.167. The lowest BCUT2D eigenvalue weighted by atomic mass is 10.2. The van der Waals surface area contributed by atoms with Crippen molar-refractivity contribution in [2.45, 2.75) is 20.0 Å². The summed E-state index contributed by atoms with van der Waals surface area (Å²) in [5.41, 5.74) is 2.15.